The minimum absolute atomic E-state index is 0.172. The van der Waals surface area contributed by atoms with Gasteiger partial charge in [-0.1, -0.05) is 30.3 Å². The lowest BCUT2D eigenvalue weighted by molar-refractivity contribution is 0.0982. The van der Waals surface area contributed by atoms with Crippen LogP contribution in [0.25, 0.3) is 0 Å². The van der Waals surface area contributed by atoms with Crippen LogP contribution in [0.2, 0.25) is 0 Å². The van der Waals surface area contributed by atoms with Gasteiger partial charge in [-0.05, 0) is 24.1 Å². The molecule has 80 valence electrons. The van der Waals surface area contributed by atoms with Crippen molar-refractivity contribution in [3.8, 4) is 0 Å². The largest absolute Gasteiger partial charge is 0.294 e. The van der Waals surface area contributed by atoms with Crippen LogP contribution in [0.5, 0.6) is 0 Å². The van der Waals surface area contributed by atoms with Gasteiger partial charge in [0.2, 0.25) is 0 Å². The molecule has 0 aliphatic rings. The lowest BCUT2D eigenvalue weighted by atomic mass is 10.0. The molecular formula is C14H13NO. The Morgan fingerprint density at radius 2 is 1.69 bits per heavy atom. The van der Waals surface area contributed by atoms with E-state index in [-0.39, 0.29) is 5.78 Å². The van der Waals surface area contributed by atoms with Crippen LogP contribution in [-0.2, 0) is 6.42 Å². The van der Waals surface area contributed by atoms with Gasteiger partial charge in [-0.3, -0.25) is 9.78 Å². The first kappa shape index (κ1) is 10.6. The molecule has 1 heterocycles. The molecule has 0 saturated heterocycles. The summed E-state index contributed by atoms with van der Waals surface area (Å²) in [6.45, 7) is 0. The summed E-state index contributed by atoms with van der Waals surface area (Å²) in [7, 11) is 0. The SMILES string of the molecule is O=C(CCc1ccccc1)c1ccncc1. The van der Waals surface area contributed by atoms with Crippen LogP contribution >= 0.6 is 0 Å². The van der Waals surface area contributed by atoms with Crippen LogP contribution < -0.4 is 0 Å². The smallest absolute Gasteiger partial charge is 0.163 e. The molecule has 2 nitrogen and oxygen atoms in total. The Balaban J connectivity index is 1.95. The Labute approximate surface area is 95.0 Å². The zero-order chi connectivity index (χ0) is 11.2. The van der Waals surface area contributed by atoms with E-state index in [1.165, 1.54) is 5.56 Å². The van der Waals surface area contributed by atoms with Gasteiger partial charge in [0.1, 0.15) is 0 Å². The second-order valence-corrected chi connectivity index (χ2v) is 3.64. The molecule has 0 N–H and O–H groups in total. The fourth-order valence-corrected chi connectivity index (χ4v) is 1.58. The van der Waals surface area contributed by atoms with Crippen molar-refractivity contribution in [3.63, 3.8) is 0 Å². The van der Waals surface area contributed by atoms with E-state index in [2.05, 4.69) is 4.98 Å². The molecule has 16 heavy (non-hydrogen) atoms. The second-order valence-electron chi connectivity index (χ2n) is 3.64. The Kier molecular flexibility index (Phi) is 3.44. The van der Waals surface area contributed by atoms with Crippen molar-refractivity contribution in [3.05, 3.63) is 66.0 Å². The van der Waals surface area contributed by atoms with Crippen LogP contribution in [0.15, 0.2) is 54.9 Å². The van der Waals surface area contributed by atoms with Gasteiger partial charge in [-0.15, -0.1) is 0 Å². The molecule has 0 radical (unpaired) electrons. The highest BCUT2D eigenvalue weighted by Gasteiger charge is 2.04. The third-order valence-corrected chi connectivity index (χ3v) is 2.49. The molecule has 0 fully saturated rings. The van der Waals surface area contributed by atoms with Gasteiger partial charge in [0.05, 0.1) is 0 Å². The van der Waals surface area contributed by atoms with Crippen LogP contribution in [0.3, 0.4) is 0 Å². The average molecular weight is 211 g/mol. The summed E-state index contributed by atoms with van der Waals surface area (Å²) in [5.41, 5.74) is 1.94. The number of Topliss-reactive ketones (excluding diaryl/α,β-unsaturated/α-hetero) is 1. The standard InChI is InChI=1S/C14H13NO/c16-14(13-8-10-15-11-9-13)7-6-12-4-2-1-3-5-12/h1-5,8-11H,6-7H2. The molecule has 0 bridgehead atoms. The second kappa shape index (κ2) is 5.21. The van der Waals surface area contributed by atoms with Gasteiger partial charge in [0, 0.05) is 24.4 Å². The first-order chi connectivity index (χ1) is 7.86. The van der Waals surface area contributed by atoms with Gasteiger partial charge in [0.25, 0.3) is 0 Å². The molecule has 1 aromatic carbocycles. The summed E-state index contributed by atoms with van der Waals surface area (Å²) in [6, 6.07) is 13.6. The molecule has 2 heteroatoms. The minimum Gasteiger partial charge on any atom is -0.294 e. The highest BCUT2D eigenvalue weighted by molar-refractivity contribution is 5.95. The monoisotopic (exact) mass is 211 g/mol. The van der Waals surface area contributed by atoms with Crippen LogP contribution in [0.1, 0.15) is 22.3 Å². The van der Waals surface area contributed by atoms with Crippen molar-refractivity contribution in [2.45, 2.75) is 12.8 Å². The molecule has 2 aromatic rings. The Hall–Kier alpha value is -1.96. The van der Waals surface area contributed by atoms with Crippen molar-refractivity contribution in [1.29, 1.82) is 0 Å². The highest BCUT2D eigenvalue weighted by Crippen LogP contribution is 2.07. The quantitative estimate of drug-likeness (QED) is 0.728. The summed E-state index contributed by atoms with van der Waals surface area (Å²) in [6.07, 6.45) is 4.64. The summed E-state index contributed by atoms with van der Waals surface area (Å²) < 4.78 is 0. The van der Waals surface area contributed by atoms with Gasteiger partial charge >= 0.3 is 0 Å². The lowest BCUT2D eigenvalue weighted by Crippen LogP contribution is -2.00. The molecule has 0 unspecified atom stereocenters. The number of nitrogens with zero attached hydrogens (tertiary/aromatic N) is 1. The fourth-order valence-electron chi connectivity index (χ4n) is 1.58. The number of rotatable bonds is 4. The molecule has 0 saturated carbocycles. The normalized spacial score (nSPS) is 10.0. The van der Waals surface area contributed by atoms with E-state index >= 15 is 0 Å². The third-order valence-electron chi connectivity index (χ3n) is 2.49. The molecule has 1 aromatic heterocycles. The van der Waals surface area contributed by atoms with E-state index in [9.17, 15) is 4.79 Å². The molecular weight excluding hydrogens is 198 g/mol. The van der Waals surface area contributed by atoms with Gasteiger partial charge in [0.15, 0.2) is 5.78 Å². The van der Waals surface area contributed by atoms with Crippen molar-refractivity contribution < 1.29 is 4.79 Å². The molecule has 2 rings (SSSR count). The van der Waals surface area contributed by atoms with E-state index in [4.69, 9.17) is 0 Å². The van der Waals surface area contributed by atoms with Crippen LogP contribution in [0, 0.1) is 0 Å². The zero-order valence-corrected chi connectivity index (χ0v) is 8.97. The number of aromatic nitrogens is 1. The number of benzene rings is 1. The number of aryl methyl sites for hydroxylation is 1. The first-order valence-electron chi connectivity index (χ1n) is 5.33. The van der Waals surface area contributed by atoms with E-state index in [1.54, 1.807) is 24.5 Å². The lowest BCUT2D eigenvalue weighted by Gasteiger charge is -2.01. The van der Waals surface area contributed by atoms with Gasteiger partial charge in [-0.25, -0.2) is 0 Å². The minimum atomic E-state index is 0.172. The first-order valence-corrected chi connectivity index (χ1v) is 5.33. The maximum atomic E-state index is 11.8. The van der Waals surface area contributed by atoms with Crippen LogP contribution in [-0.4, -0.2) is 10.8 Å². The maximum Gasteiger partial charge on any atom is 0.163 e. The van der Waals surface area contributed by atoms with Gasteiger partial charge < -0.3 is 0 Å². The number of carbonyl (C=O) groups is 1. The molecule has 0 atom stereocenters. The predicted molar refractivity (Wildman–Crippen MR) is 63.3 cm³/mol. The summed E-state index contributed by atoms with van der Waals surface area (Å²) >= 11 is 0. The Morgan fingerprint density at radius 1 is 1.00 bits per heavy atom. The fraction of sp³-hybridized carbons (Fsp3) is 0.143. The average Bonchev–Trinajstić information content (AvgIpc) is 2.38. The predicted octanol–water partition coefficient (Wildman–Crippen LogP) is 2.90. The molecule has 0 aliphatic carbocycles. The maximum absolute atomic E-state index is 11.8. The van der Waals surface area contributed by atoms with Crippen molar-refractivity contribution in [2.75, 3.05) is 0 Å². The summed E-state index contributed by atoms with van der Waals surface area (Å²) in [5.74, 6) is 0.172. The number of pyridine rings is 1. The van der Waals surface area contributed by atoms with Crippen LogP contribution in [0.4, 0.5) is 0 Å². The van der Waals surface area contributed by atoms with Gasteiger partial charge in [-0.2, -0.15) is 0 Å². The number of hydrogen-bond acceptors (Lipinski definition) is 2. The highest BCUT2D eigenvalue weighted by atomic mass is 16.1. The molecule has 0 aliphatic heterocycles. The Bertz CT molecular complexity index is 451. The van der Waals surface area contributed by atoms with E-state index in [1.807, 2.05) is 30.3 Å². The number of carbonyl (C=O) groups excluding carboxylic acids is 1. The van der Waals surface area contributed by atoms with E-state index in [0.717, 1.165) is 12.0 Å². The van der Waals surface area contributed by atoms with Crippen molar-refractivity contribution in [1.82, 2.24) is 4.98 Å². The summed E-state index contributed by atoms with van der Waals surface area (Å²) in [5, 5.41) is 0. The molecule has 0 amide bonds. The third kappa shape index (κ3) is 2.76. The van der Waals surface area contributed by atoms with E-state index < -0.39 is 0 Å². The zero-order valence-electron chi connectivity index (χ0n) is 8.97. The topological polar surface area (TPSA) is 30.0 Å². The van der Waals surface area contributed by atoms with Crippen molar-refractivity contribution >= 4 is 5.78 Å². The number of ketones is 1. The molecule has 0 spiro atoms. The summed E-state index contributed by atoms with van der Waals surface area (Å²) in [4.78, 5) is 15.7. The van der Waals surface area contributed by atoms with E-state index in [0.29, 0.717) is 6.42 Å². The van der Waals surface area contributed by atoms with Crippen molar-refractivity contribution in [2.24, 2.45) is 0 Å². The Morgan fingerprint density at radius 3 is 2.38 bits per heavy atom. The number of hydrogen-bond donors (Lipinski definition) is 0.